The molecule has 1 amide bonds. The first-order valence-corrected chi connectivity index (χ1v) is 8.88. The Morgan fingerprint density at radius 2 is 1.96 bits per heavy atom. The lowest BCUT2D eigenvalue weighted by Gasteiger charge is -2.22. The second-order valence-corrected chi connectivity index (χ2v) is 6.64. The van der Waals surface area contributed by atoms with Crippen LogP contribution in [-0.4, -0.2) is 46.7 Å². The average molecular weight is 335 g/mol. The van der Waals surface area contributed by atoms with Crippen molar-refractivity contribution in [2.45, 2.75) is 69.7 Å². The zero-order valence-corrected chi connectivity index (χ0v) is 14.2. The number of methoxy groups -OCH3 is 1. The van der Waals surface area contributed by atoms with E-state index in [1.54, 1.807) is 4.90 Å². The molecule has 1 aliphatic carbocycles. The molecule has 0 spiro atoms. The predicted octanol–water partition coefficient (Wildman–Crippen LogP) is 2.21. The number of ether oxygens (including phenoxy) is 1. The molecular weight excluding hydrogens is 310 g/mol. The van der Waals surface area contributed by atoms with Crippen LogP contribution in [0.15, 0.2) is 4.42 Å². The molecule has 2 heterocycles. The normalized spacial score (nSPS) is 21.9. The molecule has 132 valence electrons. The minimum atomic E-state index is -0.442. The van der Waals surface area contributed by atoms with E-state index in [2.05, 4.69) is 10.2 Å². The molecule has 2 fully saturated rings. The summed E-state index contributed by atoms with van der Waals surface area (Å²) >= 11 is 0. The fraction of sp³-hybridized carbons (Fsp3) is 0.765. The number of aryl methyl sites for hydroxylation is 1. The summed E-state index contributed by atoms with van der Waals surface area (Å²) in [6.45, 7) is 0.607. The van der Waals surface area contributed by atoms with Crippen LogP contribution in [0.3, 0.4) is 0 Å². The number of nitrogens with zero attached hydrogens (tertiary/aromatic N) is 3. The Hall–Kier alpha value is -1.92. The van der Waals surface area contributed by atoms with E-state index in [1.165, 1.54) is 26.4 Å². The Morgan fingerprint density at radius 1 is 1.17 bits per heavy atom. The van der Waals surface area contributed by atoms with Crippen LogP contribution in [0, 0.1) is 0 Å². The molecule has 7 nitrogen and oxygen atoms in total. The quantitative estimate of drug-likeness (QED) is 0.767. The SMILES string of the molecule is COC(=O)[C@@H]1CCCN1C(=O)CCc1nnc(C2CCCCC2)o1. The van der Waals surface area contributed by atoms with Crippen LogP contribution in [-0.2, 0) is 20.7 Å². The van der Waals surface area contributed by atoms with Crippen LogP contribution in [0.4, 0.5) is 0 Å². The Balaban J connectivity index is 1.53. The highest BCUT2D eigenvalue weighted by Crippen LogP contribution is 2.31. The molecule has 0 bridgehead atoms. The van der Waals surface area contributed by atoms with Gasteiger partial charge in [0, 0.05) is 25.3 Å². The average Bonchev–Trinajstić information content (AvgIpc) is 3.29. The van der Waals surface area contributed by atoms with Gasteiger partial charge >= 0.3 is 5.97 Å². The molecule has 1 saturated heterocycles. The van der Waals surface area contributed by atoms with Gasteiger partial charge in [0.2, 0.25) is 17.7 Å². The third-order valence-corrected chi connectivity index (χ3v) is 5.04. The summed E-state index contributed by atoms with van der Waals surface area (Å²) in [5.74, 6) is 1.21. The van der Waals surface area contributed by atoms with Crippen LogP contribution < -0.4 is 0 Å². The van der Waals surface area contributed by atoms with Crippen molar-refractivity contribution >= 4 is 11.9 Å². The Bertz CT molecular complexity index is 580. The minimum Gasteiger partial charge on any atom is -0.467 e. The molecule has 0 aromatic carbocycles. The summed E-state index contributed by atoms with van der Waals surface area (Å²) in [7, 11) is 1.36. The summed E-state index contributed by atoms with van der Waals surface area (Å²) in [5.41, 5.74) is 0. The zero-order chi connectivity index (χ0) is 16.9. The summed E-state index contributed by atoms with van der Waals surface area (Å²) in [5, 5.41) is 8.24. The smallest absolute Gasteiger partial charge is 0.328 e. The molecule has 3 rings (SSSR count). The van der Waals surface area contributed by atoms with Crippen molar-refractivity contribution in [2.24, 2.45) is 0 Å². The number of likely N-dealkylation sites (tertiary alicyclic amines) is 1. The number of amides is 1. The lowest BCUT2D eigenvalue weighted by atomic mass is 9.89. The monoisotopic (exact) mass is 335 g/mol. The highest BCUT2D eigenvalue weighted by Gasteiger charge is 2.34. The molecule has 1 saturated carbocycles. The molecule has 1 aromatic heterocycles. The van der Waals surface area contributed by atoms with Crippen molar-refractivity contribution in [1.82, 2.24) is 15.1 Å². The van der Waals surface area contributed by atoms with Crippen LogP contribution >= 0.6 is 0 Å². The molecule has 2 aliphatic rings. The minimum absolute atomic E-state index is 0.0553. The standard InChI is InChI=1S/C17H25N3O4/c1-23-17(22)13-8-5-11-20(13)15(21)10-9-14-18-19-16(24-14)12-6-3-2-4-7-12/h12-13H,2-11H2,1H3/t13-/m0/s1. The van der Waals surface area contributed by atoms with E-state index in [4.69, 9.17) is 9.15 Å². The predicted molar refractivity (Wildman–Crippen MR) is 85.2 cm³/mol. The Morgan fingerprint density at radius 3 is 2.71 bits per heavy atom. The van der Waals surface area contributed by atoms with E-state index in [0.717, 1.165) is 19.3 Å². The second-order valence-electron chi connectivity index (χ2n) is 6.64. The second kappa shape index (κ2) is 7.77. The molecule has 7 heteroatoms. The van der Waals surface area contributed by atoms with E-state index in [1.807, 2.05) is 0 Å². The first kappa shape index (κ1) is 16.9. The first-order chi connectivity index (χ1) is 11.7. The maximum Gasteiger partial charge on any atom is 0.328 e. The van der Waals surface area contributed by atoms with Gasteiger partial charge in [0.1, 0.15) is 6.04 Å². The third kappa shape index (κ3) is 3.76. The first-order valence-electron chi connectivity index (χ1n) is 8.88. The van der Waals surface area contributed by atoms with Gasteiger partial charge in [-0.2, -0.15) is 0 Å². The van der Waals surface area contributed by atoms with Gasteiger partial charge in [0.05, 0.1) is 7.11 Å². The van der Waals surface area contributed by atoms with Gasteiger partial charge in [-0.15, -0.1) is 10.2 Å². The van der Waals surface area contributed by atoms with Gasteiger partial charge in [-0.1, -0.05) is 19.3 Å². The molecule has 24 heavy (non-hydrogen) atoms. The Labute approximate surface area is 141 Å². The van der Waals surface area contributed by atoms with Crippen LogP contribution in [0.5, 0.6) is 0 Å². The lowest BCUT2D eigenvalue weighted by Crippen LogP contribution is -2.41. The number of esters is 1. The van der Waals surface area contributed by atoms with E-state index >= 15 is 0 Å². The number of carbonyl (C=O) groups is 2. The van der Waals surface area contributed by atoms with Gasteiger partial charge in [-0.25, -0.2) is 4.79 Å². The van der Waals surface area contributed by atoms with Crippen LogP contribution in [0.1, 0.15) is 69.1 Å². The van der Waals surface area contributed by atoms with E-state index in [9.17, 15) is 9.59 Å². The van der Waals surface area contributed by atoms with Crippen molar-refractivity contribution in [3.05, 3.63) is 11.8 Å². The molecule has 1 aliphatic heterocycles. The van der Waals surface area contributed by atoms with Crippen molar-refractivity contribution in [3.63, 3.8) is 0 Å². The number of hydrogen-bond acceptors (Lipinski definition) is 6. The fourth-order valence-electron chi connectivity index (χ4n) is 3.69. The van der Waals surface area contributed by atoms with Crippen LogP contribution in [0.25, 0.3) is 0 Å². The number of carbonyl (C=O) groups excluding carboxylic acids is 2. The summed E-state index contributed by atoms with van der Waals surface area (Å²) < 4.78 is 10.5. The Kier molecular flexibility index (Phi) is 5.48. The highest BCUT2D eigenvalue weighted by molar-refractivity contribution is 5.85. The number of aromatic nitrogens is 2. The van der Waals surface area contributed by atoms with Crippen LogP contribution in [0.2, 0.25) is 0 Å². The third-order valence-electron chi connectivity index (χ3n) is 5.04. The summed E-state index contributed by atoms with van der Waals surface area (Å²) in [6.07, 6.45) is 8.12. The fourth-order valence-corrected chi connectivity index (χ4v) is 3.69. The van der Waals surface area contributed by atoms with Gasteiger partial charge in [0.15, 0.2) is 0 Å². The van der Waals surface area contributed by atoms with E-state index < -0.39 is 6.04 Å². The molecular formula is C17H25N3O4. The largest absolute Gasteiger partial charge is 0.467 e. The van der Waals surface area contributed by atoms with Crippen molar-refractivity contribution < 1.29 is 18.7 Å². The van der Waals surface area contributed by atoms with Crippen molar-refractivity contribution in [1.29, 1.82) is 0 Å². The molecule has 0 unspecified atom stereocenters. The van der Waals surface area contributed by atoms with Gasteiger partial charge in [0.25, 0.3) is 0 Å². The zero-order valence-electron chi connectivity index (χ0n) is 14.2. The van der Waals surface area contributed by atoms with E-state index in [0.29, 0.717) is 37.1 Å². The molecule has 1 aromatic rings. The molecule has 0 N–H and O–H groups in total. The lowest BCUT2D eigenvalue weighted by molar-refractivity contribution is -0.150. The van der Waals surface area contributed by atoms with Crippen molar-refractivity contribution in [3.8, 4) is 0 Å². The number of hydrogen-bond donors (Lipinski definition) is 0. The molecule has 0 radical (unpaired) electrons. The summed E-state index contributed by atoms with van der Waals surface area (Å²) in [4.78, 5) is 25.7. The van der Waals surface area contributed by atoms with Crippen molar-refractivity contribution in [2.75, 3.05) is 13.7 Å². The van der Waals surface area contributed by atoms with Gasteiger partial charge in [-0.05, 0) is 25.7 Å². The van der Waals surface area contributed by atoms with E-state index in [-0.39, 0.29) is 18.3 Å². The highest BCUT2D eigenvalue weighted by atomic mass is 16.5. The molecule has 1 atom stereocenters. The van der Waals surface area contributed by atoms with Gasteiger partial charge < -0.3 is 14.1 Å². The van der Waals surface area contributed by atoms with Gasteiger partial charge in [-0.3, -0.25) is 4.79 Å². The maximum absolute atomic E-state index is 12.4. The maximum atomic E-state index is 12.4. The summed E-state index contributed by atoms with van der Waals surface area (Å²) in [6, 6.07) is -0.442. The number of rotatable bonds is 5. The topological polar surface area (TPSA) is 85.5 Å².